The van der Waals surface area contributed by atoms with E-state index in [1.54, 1.807) is 24.3 Å². The highest BCUT2D eigenvalue weighted by Crippen LogP contribution is 2.32. The van der Waals surface area contributed by atoms with Crippen LogP contribution in [0.1, 0.15) is 21.5 Å². The standard InChI is InChI=1S/C17H17NO5S/c1-10-3-6-15(24-10)17(20)23-11(2)16(19)18-12-4-5-13-14(9-12)22-8-7-21-13/h3-6,9,11H,7-8H2,1-2H3,(H,18,19)/t11-/m1/s1. The Morgan fingerprint density at radius 2 is 1.92 bits per heavy atom. The van der Waals surface area contributed by atoms with Gasteiger partial charge in [0.15, 0.2) is 17.6 Å². The molecule has 2 aromatic rings. The van der Waals surface area contributed by atoms with Gasteiger partial charge in [-0.2, -0.15) is 0 Å². The van der Waals surface area contributed by atoms with Crippen LogP contribution in [-0.2, 0) is 9.53 Å². The average molecular weight is 347 g/mol. The van der Waals surface area contributed by atoms with E-state index < -0.39 is 18.0 Å². The molecule has 7 heteroatoms. The number of fused-ring (bicyclic) bond motifs is 1. The summed E-state index contributed by atoms with van der Waals surface area (Å²) in [6, 6.07) is 8.65. The van der Waals surface area contributed by atoms with Crippen LogP contribution in [0.15, 0.2) is 30.3 Å². The molecule has 0 radical (unpaired) electrons. The number of esters is 1. The minimum atomic E-state index is -0.909. The molecule has 6 nitrogen and oxygen atoms in total. The lowest BCUT2D eigenvalue weighted by molar-refractivity contribution is -0.123. The number of anilines is 1. The zero-order chi connectivity index (χ0) is 17.1. The van der Waals surface area contributed by atoms with Gasteiger partial charge in [0.25, 0.3) is 5.91 Å². The van der Waals surface area contributed by atoms with E-state index in [-0.39, 0.29) is 0 Å². The highest BCUT2D eigenvalue weighted by molar-refractivity contribution is 7.13. The van der Waals surface area contributed by atoms with Crippen molar-refractivity contribution in [3.63, 3.8) is 0 Å². The number of amides is 1. The molecule has 1 aromatic carbocycles. The first-order valence-corrected chi connectivity index (χ1v) is 8.32. The molecule has 1 atom stereocenters. The van der Waals surface area contributed by atoms with Gasteiger partial charge in [0.1, 0.15) is 18.1 Å². The number of benzene rings is 1. The van der Waals surface area contributed by atoms with Crippen LogP contribution in [0, 0.1) is 6.92 Å². The summed E-state index contributed by atoms with van der Waals surface area (Å²) in [7, 11) is 0. The maximum absolute atomic E-state index is 12.2. The molecule has 0 spiro atoms. The smallest absolute Gasteiger partial charge is 0.349 e. The van der Waals surface area contributed by atoms with Crippen LogP contribution >= 0.6 is 11.3 Å². The van der Waals surface area contributed by atoms with Crippen molar-refractivity contribution >= 4 is 28.9 Å². The summed E-state index contributed by atoms with van der Waals surface area (Å²) in [5.41, 5.74) is 0.555. The van der Waals surface area contributed by atoms with E-state index in [0.717, 1.165) is 4.88 Å². The number of hydrogen-bond donors (Lipinski definition) is 1. The van der Waals surface area contributed by atoms with Crippen molar-refractivity contribution in [1.82, 2.24) is 0 Å². The Bertz CT molecular complexity index is 770. The highest BCUT2D eigenvalue weighted by atomic mass is 32.1. The van der Waals surface area contributed by atoms with Gasteiger partial charge in [-0.3, -0.25) is 4.79 Å². The number of thiophene rings is 1. The molecule has 1 aliphatic heterocycles. The third kappa shape index (κ3) is 3.68. The lowest BCUT2D eigenvalue weighted by atomic mass is 10.2. The largest absolute Gasteiger partial charge is 0.486 e. The van der Waals surface area contributed by atoms with Crippen LogP contribution in [0.4, 0.5) is 5.69 Å². The molecule has 0 bridgehead atoms. The second kappa shape index (κ2) is 6.92. The Labute approximate surface area is 143 Å². The molecule has 2 heterocycles. The molecule has 1 aromatic heterocycles. The molecular weight excluding hydrogens is 330 g/mol. The van der Waals surface area contributed by atoms with Crippen molar-refractivity contribution in [1.29, 1.82) is 0 Å². The van der Waals surface area contributed by atoms with Crippen LogP contribution in [0.2, 0.25) is 0 Å². The maximum Gasteiger partial charge on any atom is 0.349 e. The Morgan fingerprint density at radius 1 is 1.17 bits per heavy atom. The predicted octanol–water partition coefficient (Wildman–Crippen LogP) is 3.01. The third-order valence-electron chi connectivity index (χ3n) is 3.40. The van der Waals surface area contributed by atoms with E-state index in [4.69, 9.17) is 14.2 Å². The number of carbonyl (C=O) groups excluding carboxylic acids is 2. The third-order valence-corrected chi connectivity index (χ3v) is 4.39. The first-order valence-electron chi connectivity index (χ1n) is 7.51. The first kappa shape index (κ1) is 16.3. The topological polar surface area (TPSA) is 73.9 Å². The van der Waals surface area contributed by atoms with Crippen LogP contribution in [0.5, 0.6) is 11.5 Å². The molecule has 0 fully saturated rings. The Balaban J connectivity index is 1.60. The minimum Gasteiger partial charge on any atom is -0.486 e. The van der Waals surface area contributed by atoms with E-state index in [0.29, 0.717) is 35.3 Å². The van der Waals surface area contributed by atoms with Crippen molar-refractivity contribution in [2.75, 3.05) is 18.5 Å². The van der Waals surface area contributed by atoms with Crippen molar-refractivity contribution in [2.45, 2.75) is 20.0 Å². The van der Waals surface area contributed by atoms with Gasteiger partial charge < -0.3 is 19.5 Å². The average Bonchev–Trinajstić information content (AvgIpc) is 3.01. The summed E-state index contributed by atoms with van der Waals surface area (Å²) in [6.07, 6.45) is -0.909. The monoisotopic (exact) mass is 347 g/mol. The van der Waals surface area contributed by atoms with Crippen LogP contribution in [0.3, 0.4) is 0 Å². The van der Waals surface area contributed by atoms with Gasteiger partial charge in [-0.1, -0.05) is 0 Å². The Hall–Kier alpha value is -2.54. The van der Waals surface area contributed by atoms with Gasteiger partial charge in [0, 0.05) is 16.6 Å². The molecule has 0 aliphatic carbocycles. The van der Waals surface area contributed by atoms with Crippen molar-refractivity contribution in [3.05, 3.63) is 40.1 Å². The van der Waals surface area contributed by atoms with Crippen molar-refractivity contribution in [2.24, 2.45) is 0 Å². The van der Waals surface area contributed by atoms with Crippen molar-refractivity contribution in [3.8, 4) is 11.5 Å². The molecule has 3 rings (SSSR count). The van der Waals surface area contributed by atoms with Gasteiger partial charge in [0.2, 0.25) is 0 Å². The summed E-state index contributed by atoms with van der Waals surface area (Å²) in [5.74, 6) is 0.316. The van der Waals surface area contributed by atoms with Crippen LogP contribution < -0.4 is 14.8 Å². The molecule has 0 unspecified atom stereocenters. The van der Waals surface area contributed by atoms with E-state index in [2.05, 4.69) is 5.32 Å². The molecule has 24 heavy (non-hydrogen) atoms. The second-order valence-corrected chi connectivity index (χ2v) is 6.59. The molecule has 126 valence electrons. The molecule has 1 aliphatic rings. The van der Waals surface area contributed by atoms with Gasteiger partial charge in [-0.15, -0.1) is 11.3 Å². The van der Waals surface area contributed by atoms with E-state index >= 15 is 0 Å². The normalized spacial score (nSPS) is 13.9. The number of nitrogens with one attached hydrogen (secondary N) is 1. The van der Waals surface area contributed by atoms with Crippen molar-refractivity contribution < 1.29 is 23.8 Å². The molecule has 0 saturated carbocycles. The van der Waals surface area contributed by atoms with Crippen LogP contribution in [-0.4, -0.2) is 31.2 Å². The van der Waals surface area contributed by atoms with E-state index in [9.17, 15) is 9.59 Å². The molecule has 1 amide bonds. The second-order valence-electron chi connectivity index (χ2n) is 5.31. The lowest BCUT2D eigenvalue weighted by Gasteiger charge is -2.19. The summed E-state index contributed by atoms with van der Waals surface area (Å²) < 4.78 is 16.1. The fourth-order valence-corrected chi connectivity index (χ4v) is 2.93. The van der Waals surface area contributed by atoms with Gasteiger partial charge in [-0.25, -0.2) is 4.79 Å². The van der Waals surface area contributed by atoms with E-state index in [1.807, 2.05) is 13.0 Å². The quantitative estimate of drug-likeness (QED) is 0.861. The maximum atomic E-state index is 12.2. The summed E-state index contributed by atoms with van der Waals surface area (Å²) in [4.78, 5) is 25.7. The van der Waals surface area contributed by atoms with Gasteiger partial charge in [-0.05, 0) is 38.1 Å². The summed E-state index contributed by atoms with van der Waals surface area (Å²) in [5, 5.41) is 2.71. The Morgan fingerprint density at radius 3 is 2.62 bits per heavy atom. The molecular formula is C17H17NO5S. The molecule has 0 saturated heterocycles. The fourth-order valence-electron chi connectivity index (χ4n) is 2.18. The first-order chi connectivity index (χ1) is 11.5. The number of ether oxygens (including phenoxy) is 3. The van der Waals surface area contributed by atoms with E-state index in [1.165, 1.54) is 18.3 Å². The number of carbonyl (C=O) groups is 2. The summed E-state index contributed by atoms with van der Waals surface area (Å²) in [6.45, 7) is 4.41. The SMILES string of the molecule is Cc1ccc(C(=O)O[C@H](C)C(=O)Nc2ccc3c(c2)OCCO3)s1. The van der Waals surface area contributed by atoms with Gasteiger partial charge in [0.05, 0.1) is 0 Å². The Kier molecular flexibility index (Phi) is 4.71. The minimum absolute atomic E-state index is 0.409. The highest BCUT2D eigenvalue weighted by Gasteiger charge is 2.21. The predicted molar refractivity (Wildman–Crippen MR) is 90.0 cm³/mol. The lowest BCUT2D eigenvalue weighted by Crippen LogP contribution is -2.29. The number of rotatable bonds is 4. The number of hydrogen-bond acceptors (Lipinski definition) is 6. The fraction of sp³-hybridized carbons (Fsp3) is 0.294. The van der Waals surface area contributed by atoms with Gasteiger partial charge >= 0.3 is 5.97 Å². The zero-order valence-electron chi connectivity index (χ0n) is 13.3. The zero-order valence-corrected chi connectivity index (χ0v) is 14.1. The summed E-state index contributed by atoms with van der Waals surface area (Å²) >= 11 is 1.33. The molecule has 1 N–H and O–H groups in total. The van der Waals surface area contributed by atoms with Crippen LogP contribution in [0.25, 0.3) is 0 Å². The number of aryl methyl sites for hydroxylation is 1.